The Balaban J connectivity index is 2.57. The number of hydrogen-bond acceptors (Lipinski definition) is 3. The highest BCUT2D eigenvalue weighted by molar-refractivity contribution is 8.00. The zero-order valence-electron chi connectivity index (χ0n) is 11.6. The highest BCUT2D eigenvalue weighted by atomic mass is 32.2. The molecule has 1 atom stereocenters. The van der Waals surface area contributed by atoms with Gasteiger partial charge in [0.15, 0.2) is 0 Å². The molecule has 1 heterocycles. The summed E-state index contributed by atoms with van der Waals surface area (Å²) < 4.78 is 36.0. The van der Waals surface area contributed by atoms with Crippen LogP contribution >= 0.6 is 11.8 Å². The SMILES string of the molecule is Cc1cc(C)c(C(C)NCCSC(F)(F)F)c(C)n1. The third-order valence-electron chi connectivity index (χ3n) is 2.84. The molecule has 0 aromatic carbocycles. The fourth-order valence-corrected chi connectivity index (χ4v) is 2.68. The summed E-state index contributed by atoms with van der Waals surface area (Å²) in [5.74, 6) is 0.0191. The quantitative estimate of drug-likeness (QED) is 0.833. The summed E-state index contributed by atoms with van der Waals surface area (Å²) >= 11 is 0.00347. The summed E-state index contributed by atoms with van der Waals surface area (Å²) in [5.41, 5.74) is -0.0713. The van der Waals surface area contributed by atoms with Crippen LogP contribution in [0.5, 0.6) is 0 Å². The highest BCUT2D eigenvalue weighted by Gasteiger charge is 2.27. The van der Waals surface area contributed by atoms with Gasteiger partial charge in [0, 0.05) is 29.7 Å². The minimum absolute atomic E-state index is 0.00179. The second-order valence-corrected chi connectivity index (χ2v) is 5.71. The smallest absolute Gasteiger partial charge is 0.309 e. The Morgan fingerprint density at radius 3 is 2.47 bits per heavy atom. The summed E-state index contributed by atoms with van der Waals surface area (Å²) in [6.07, 6.45) is 0. The zero-order valence-corrected chi connectivity index (χ0v) is 12.4. The first kappa shape index (κ1) is 16.3. The van der Waals surface area contributed by atoms with Crippen molar-refractivity contribution in [2.24, 2.45) is 0 Å². The molecule has 0 radical (unpaired) electrons. The molecule has 0 saturated heterocycles. The lowest BCUT2D eigenvalue weighted by Gasteiger charge is -2.19. The van der Waals surface area contributed by atoms with E-state index in [1.807, 2.05) is 33.8 Å². The van der Waals surface area contributed by atoms with E-state index in [9.17, 15) is 13.2 Å². The van der Waals surface area contributed by atoms with Crippen molar-refractivity contribution in [1.29, 1.82) is 0 Å². The monoisotopic (exact) mass is 292 g/mol. The number of pyridine rings is 1. The number of aromatic nitrogens is 1. The van der Waals surface area contributed by atoms with Crippen LogP contribution in [0.15, 0.2) is 6.07 Å². The average Bonchev–Trinajstić information content (AvgIpc) is 2.21. The molecule has 6 heteroatoms. The molecule has 1 unspecified atom stereocenters. The normalized spacial score (nSPS) is 13.6. The molecule has 0 amide bonds. The molecule has 0 spiro atoms. The van der Waals surface area contributed by atoms with Gasteiger partial charge in [0.25, 0.3) is 0 Å². The lowest BCUT2D eigenvalue weighted by Crippen LogP contribution is -2.24. The maximum atomic E-state index is 12.0. The molecule has 0 aliphatic rings. The predicted molar refractivity (Wildman–Crippen MR) is 73.4 cm³/mol. The van der Waals surface area contributed by atoms with Crippen LogP contribution in [0.4, 0.5) is 13.2 Å². The Labute approximate surface area is 116 Å². The van der Waals surface area contributed by atoms with Gasteiger partial charge in [0.05, 0.1) is 0 Å². The summed E-state index contributed by atoms with van der Waals surface area (Å²) in [6, 6.07) is 1.99. The molecule has 108 valence electrons. The van der Waals surface area contributed by atoms with Gasteiger partial charge in [-0.25, -0.2) is 0 Å². The van der Waals surface area contributed by atoms with Crippen LogP contribution in [0.1, 0.15) is 35.5 Å². The molecular weight excluding hydrogens is 273 g/mol. The van der Waals surface area contributed by atoms with Crippen LogP contribution in [0, 0.1) is 20.8 Å². The van der Waals surface area contributed by atoms with Crippen LogP contribution < -0.4 is 5.32 Å². The van der Waals surface area contributed by atoms with Crippen molar-refractivity contribution in [3.8, 4) is 0 Å². The lowest BCUT2D eigenvalue weighted by atomic mass is 10.0. The number of hydrogen-bond donors (Lipinski definition) is 1. The Morgan fingerprint density at radius 1 is 1.32 bits per heavy atom. The minimum Gasteiger partial charge on any atom is -0.309 e. The molecule has 19 heavy (non-hydrogen) atoms. The van der Waals surface area contributed by atoms with Gasteiger partial charge in [-0.05, 0) is 56.7 Å². The van der Waals surface area contributed by atoms with E-state index in [2.05, 4.69) is 10.3 Å². The highest BCUT2D eigenvalue weighted by Crippen LogP contribution is 2.29. The molecule has 0 bridgehead atoms. The summed E-state index contributed by atoms with van der Waals surface area (Å²) in [4.78, 5) is 4.40. The number of halogens is 3. The van der Waals surface area contributed by atoms with Crippen molar-refractivity contribution in [3.63, 3.8) is 0 Å². The first-order valence-corrected chi connectivity index (χ1v) is 7.08. The molecule has 1 aromatic rings. The van der Waals surface area contributed by atoms with E-state index < -0.39 is 5.51 Å². The van der Waals surface area contributed by atoms with Crippen molar-refractivity contribution < 1.29 is 13.2 Å². The van der Waals surface area contributed by atoms with Crippen molar-refractivity contribution in [2.75, 3.05) is 12.3 Å². The zero-order chi connectivity index (χ0) is 14.6. The van der Waals surface area contributed by atoms with Crippen molar-refractivity contribution in [3.05, 3.63) is 28.6 Å². The fraction of sp³-hybridized carbons (Fsp3) is 0.615. The summed E-state index contributed by atoms with van der Waals surface area (Å²) in [7, 11) is 0. The van der Waals surface area contributed by atoms with Gasteiger partial charge >= 0.3 is 5.51 Å². The molecule has 0 aliphatic carbocycles. The van der Waals surface area contributed by atoms with E-state index in [0.29, 0.717) is 6.54 Å². The minimum atomic E-state index is -4.15. The second kappa shape index (κ2) is 6.61. The Morgan fingerprint density at radius 2 is 1.95 bits per heavy atom. The van der Waals surface area contributed by atoms with Crippen LogP contribution in [0.2, 0.25) is 0 Å². The van der Waals surface area contributed by atoms with E-state index in [0.717, 1.165) is 22.5 Å². The number of rotatable bonds is 5. The van der Waals surface area contributed by atoms with E-state index in [4.69, 9.17) is 0 Å². The number of nitrogens with zero attached hydrogens (tertiary/aromatic N) is 1. The first-order chi connectivity index (χ1) is 8.70. The Kier molecular flexibility index (Phi) is 5.67. The van der Waals surface area contributed by atoms with Crippen LogP contribution in [-0.4, -0.2) is 22.8 Å². The van der Waals surface area contributed by atoms with E-state index in [1.165, 1.54) is 0 Å². The summed E-state index contributed by atoms with van der Waals surface area (Å²) in [6.45, 7) is 8.13. The number of alkyl halides is 3. The van der Waals surface area contributed by atoms with Crippen molar-refractivity contribution in [2.45, 2.75) is 39.2 Å². The molecular formula is C13H19F3N2S. The summed E-state index contributed by atoms with van der Waals surface area (Å²) in [5, 5.41) is 3.11. The number of aryl methyl sites for hydroxylation is 3. The van der Waals surface area contributed by atoms with Gasteiger partial charge in [-0.1, -0.05) is 0 Å². The number of thioether (sulfide) groups is 1. The Hall–Kier alpha value is -0.750. The molecule has 0 aliphatic heterocycles. The molecule has 1 rings (SSSR count). The van der Waals surface area contributed by atoms with Crippen LogP contribution in [0.25, 0.3) is 0 Å². The maximum absolute atomic E-state index is 12.0. The van der Waals surface area contributed by atoms with Crippen molar-refractivity contribution in [1.82, 2.24) is 10.3 Å². The van der Waals surface area contributed by atoms with E-state index in [-0.39, 0.29) is 23.6 Å². The Bertz CT molecular complexity index is 409. The third kappa shape index (κ3) is 5.40. The molecule has 0 fully saturated rings. The lowest BCUT2D eigenvalue weighted by molar-refractivity contribution is -0.0327. The average molecular weight is 292 g/mol. The standard InChI is InChI=1S/C13H19F3N2S/c1-8-7-9(2)18-11(4)12(8)10(3)17-5-6-19-13(14,15)16/h7,10,17H,5-6H2,1-4H3. The van der Waals surface area contributed by atoms with Crippen LogP contribution in [0.3, 0.4) is 0 Å². The molecule has 1 N–H and O–H groups in total. The van der Waals surface area contributed by atoms with Gasteiger partial charge in [-0.2, -0.15) is 13.2 Å². The van der Waals surface area contributed by atoms with Gasteiger partial charge in [0.2, 0.25) is 0 Å². The topological polar surface area (TPSA) is 24.9 Å². The van der Waals surface area contributed by atoms with E-state index in [1.54, 1.807) is 0 Å². The fourth-order valence-electron chi connectivity index (χ4n) is 2.23. The van der Waals surface area contributed by atoms with Gasteiger partial charge in [-0.15, -0.1) is 0 Å². The predicted octanol–water partition coefficient (Wildman–Crippen LogP) is 3.91. The van der Waals surface area contributed by atoms with Gasteiger partial charge in [0.1, 0.15) is 0 Å². The van der Waals surface area contributed by atoms with Crippen LogP contribution in [-0.2, 0) is 0 Å². The largest absolute Gasteiger partial charge is 0.441 e. The second-order valence-electron chi connectivity index (χ2n) is 4.55. The van der Waals surface area contributed by atoms with Gasteiger partial charge < -0.3 is 5.32 Å². The maximum Gasteiger partial charge on any atom is 0.441 e. The molecule has 0 saturated carbocycles. The third-order valence-corrected chi connectivity index (χ3v) is 3.57. The van der Waals surface area contributed by atoms with Crippen molar-refractivity contribution >= 4 is 11.8 Å². The number of nitrogens with one attached hydrogen (secondary N) is 1. The molecule has 1 aromatic heterocycles. The first-order valence-electron chi connectivity index (χ1n) is 6.09. The molecule has 2 nitrogen and oxygen atoms in total. The van der Waals surface area contributed by atoms with Gasteiger partial charge in [-0.3, -0.25) is 4.98 Å². The van der Waals surface area contributed by atoms with E-state index >= 15 is 0 Å².